The summed E-state index contributed by atoms with van der Waals surface area (Å²) in [5, 5.41) is 17.1. The zero-order valence-electron chi connectivity index (χ0n) is 14.3. The molecule has 1 unspecified atom stereocenters. The molecule has 6 nitrogen and oxygen atoms in total. The van der Waals surface area contributed by atoms with Crippen LogP contribution in [0.2, 0.25) is 0 Å². The molecule has 0 spiro atoms. The minimum atomic E-state index is -0.0833. The molecule has 6 heteroatoms. The van der Waals surface area contributed by atoms with E-state index in [4.69, 9.17) is 5.26 Å². The van der Waals surface area contributed by atoms with Crippen LogP contribution in [0, 0.1) is 11.3 Å². The van der Waals surface area contributed by atoms with Crippen molar-refractivity contribution in [3.05, 3.63) is 59.7 Å². The van der Waals surface area contributed by atoms with E-state index in [-0.39, 0.29) is 18.5 Å². The number of likely N-dealkylation sites (N-methyl/N-ethyl adjacent to an activating group) is 1. The molecule has 0 aliphatic rings. The maximum atomic E-state index is 12.8. The van der Waals surface area contributed by atoms with Crippen molar-refractivity contribution in [1.82, 2.24) is 19.9 Å². The van der Waals surface area contributed by atoms with Crippen molar-refractivity contribution in [2.45, 2.75) is 26.4 Å². The smallest absolute Gasteiger partial charge is 0.244 e. The lowest BCUT2D eigenvalue weighted by Crippen LogP contribution is -2.36. The highest BCUT2D eigenvalue weighted by Crippen LogP contribution is 2.21. The molecule has 25 heavy (non-hydrogen) atoms. The molecule has 1 heterocycles. The van der Waals surface area contributed by atoms with Gasteiger partial charge in [0, 0.05) is 6.54 Å². The standard InChI is InChI=1S/C19H19N5O/c1-3-23(14(2)16-10-8-15(12-20)9-11-16)19(25)13-24-18-7-5-4-6-17(18)21-22-24/h4-11,14H,3,13H2,1-2H3. The molecular formula is C19H19N5O. The van der Waals surface area contributed by atoms with Crippen LogP contribution in [0.5, 0.6) is 0 Å². The third-order valence-electron chi connectivity index (χ3n) is 4.36. The fraction of sp³-hybridized carbons (Fsp3) is 0.263. The minimum absolute atomic E-state index is 0.0185. The van der Waals surface area contributed by atoms with E-state index in [0.29, 0.717) is 12.1 Å². The first kappa shape index (κ1) is 16.7. The van der Waals surface area contributed by atoms with Crippen LogP contribution >= 0.6 is 0 Å². The SMILES string of the molecule is CCN(C(=O)Cn1nnc2ccccc21)C(C)c1ccc(C#N)cc1. The summed E-state index contributed by atoms with van der Waals surface area (Å²) in [6.45, 7) is 4.68. The molecule has 1 amide bonds. The molecule has 0 saturated heterocycles. The van der Waals surface area contributed by atoms with Gasteiger partial charge in [-0.2, -0.15) is 5.26 Å². The van der Waals surface area contributed by atoms with Gasteiger partial charge >= 0.3 is 0 Å². The summed E-state index contributed by atoms with van der Waals surface area (Å²) in [5.41, 5.74) is 3.23. The van der Waals surface area contributed by atoms with Crippen molar-refractivity contribution < 1.29 is 4.79 Å². The van der Waals surface area contributed by atoms with E-state index in [2.05, 4.69) is 16.4 Å². The number of rotatable bonds is 5. The first-order valence-electron chi connectivity index (χ1n) is 8.21. The highest BCUT2D eigenvalue weighted by molar-refractivity contribution is 5.80. The number of amides is 1. The van der Waals surface area contributed by atoms with Gasteiger partial charge in [0.1, 0.15) is 12.1 Å². The Morgan fingerprint density at radius 1 is 1.24 bits per heavy atom. The van der Waals surface area contributed by atoms with Gasteiger partial charge in [0.15, 0.2) is 0 Å². The monoisotopic (exact) mass is 333 g/mol. The molecule has 2 aromatic carbocycles. The van der Waals surface area contributed by atoms with Gasteiger partial charge in [0.25, 0.3) is 0 Å². The molecular weight excluding hydrogens is 314 g/mol. The Bertz CT molecular complexity index is 923. The lowest BCUT2D eigenvalue weighted by Gasteiger charge is -2.28. The predicted octanol–water partition coefficient (Wildman–Crippen LogP) is 2.91. The number of carbonyl (C=O) groups is 1. The first-order chi connectivity index (χ1) is 12.1. The second-order valence-electron chi connectivity index (χ2n) is 5.83. The Morgan fingerprint density at radius 2 is 1.96 bits per heavy atom. The Balaban J connectivity index is 1.79. The van der Waals surface area contributed by atoms with E-state index >= 15 is 0 Å². The quantitative estimate of drug-likeness (QED) is 0.719. The summed E-state index contributed by atoms with van der Waals surface area (Å²) >= 11 is 0. The van der Waals surface area contributed by atoms with Gasteiger partial charge in [-0.05, 0) is 43.7 Å². The number of hydrogen-bond donors (Lipinski definition) is 0. The highest BCUT2D eigenvalue weighted by atomic mass is 16.2. The number of carbonyl (C=O) groups excluding carboxylic acids is 1. The van der Waals surface area contributed by atoms with Gasteiger partial charge in [-0.3, -0.25) is 4.79 Å². The molecule has 0 saturated carbocycles. The topological polar surface area (TPSA) is 74.8 Å². The minimum Gasteiger partial charge on any atom is -0.335 e. The maximum Gasteiger partial charge on any atom is 0.244 e. The summed E-state index contributed by atoms with van der Waals surface area (Å²) in [7, 11) is 0. The average Bonchev–Trinajstić information content (AvgIpc) is 3.05. The average molecular weight is 333 g/mol. The predicted molar refractivity (Wildman–Crippen MR) is 94.5 cm³/mol. The van der Waals surface area contributed by atoms with Crippen LogP contribution in [0.1, 0.15) is 31.0 Å². The lowest BCUT2D eigenvalue weighted by atomic mass is 10.0. The van der Waals surface area contributed by atoms with E-state index in [1.54, 1.807) is 21.7 Å². The molecule has 0 radical (unpaired) electrons. The fourth-order valence-corrected chi connectivity index (χ4v) is 2.94. The second-order valence-corrected chi connectivity index (χ2v) is 5.83. The Labute approximate surface area is 146 Å². The largest absolute Gasteiger partial charge is 0.335 e. The molecule has 0 N–H and O–H groups in total. The molecule has 0 aliphatic heterocycles. The van der Waals surface area contributed by atoms with E-state index in [0.717, 1.165) is 16.6 Å². The van der Waals surface area contributed by atoms with Crippen LogP contribution in [0.15, 0.2) is 48.5 Å². The van der Waals surface area contributed by atoms with E-state index in [1.165, 1.54) is 0 Å². The van der Waals surface area contributed by atoms with Gasteiger partial charge in [0.05, 0.1) is 23.2 Å². The third kappa shape index (κ3) is 3.36. The van der Waals surface area contributed by atoms with Crippen molar-refractivity contribution in [3.63, 3.8) is 0 Å². The maximum absolute atomic E-state index is 12.8. The van der Waals surface area contributed by atoms with Crippen LogP contribution < -0.4 is 0 Å². The Kier molecular flexibility index (Phi) is 4.75. The van der Waals surface area contributed by atoms with Crippen LogP contribution in [0.3, 0.4) is 0 Å². The number of hydrogen-bond acceptors (Lipinski definition) is 4. The number of para-hydroxylation sites is 1. The van der Waals surface area contributed by atoms with Crippen LogP contribution in [0.25, 0.3) is 11.0 Å². The van der Waals surface area contributed by atoms with E-state index in [1.807, 2.05) is 50.2 Å². The summed E-state index contributed by atoms with van der Waals surface area (Å²) in [6, 6.07) is 16.9. The van der Waals surface area contributed by atoms with E-state index in [9.17, 15) is 4.79 Å². The van der Waals surface area contributed by atoms with Crippen molar-refractivity contribution in [3.8, 4) is 6.07 Å². The summed E-state index contributed by atoms with van der Waals surface area (Å²) in [5.74, 6) is -0.0185. The molecule has 1 atom stereocenters. The van der Waals surface area contributed by atoms with Gasteiger partial charge in [-0.1, -0.05) is 29.5 Å². The fourth-order valence-electron chi connectivity index (χ4n) is 2.94. The van der Waals surface area contributed by atoms with Gasteiger partial charge < -0.3 is 4.90 Å². The molecule has 0 bridgehead atoms. The molecule has 0 fully saturated rings. The highest BCUT2D eigenvalue weighted by Gasteiger charge is 2.21. The summed E-state index contributed by atoms with van der Waals surface area (Å²) in [4.78, 5) is 14.6. The van der Waals surface area contributed by atoms with E-state index < -0.39 is 0 Å². The van der Waals surface area contributed by atoms with Crippen molar-refractivity contribution in [2.75, 3.05) is 6.54 Å². The molecule has 1 aromatic heterocycles. The number of nitriles is 1. The van der Waals surface area contributed by atoms with Crippen LogP contribution in [0.4, 0.5) is 0 Å². The molecule has 3 aromatic rings. The molecule has 3 rings (SSSR count). The second kappa shape index (κ2) is 7.14. The summed E-state index contributed by atoms with van der Waals surface area (Å²) < 4.78 is 1.63. The molecule has 0 aliphatic carbocycles. The van der Waals surface area contributed by atoms with Crippen molar-refractivity contribution in [2.24, 2.45) is 0 Å². The number of benzene rings is 2. The lowest BCUT2D eigenvalue weighted by molar-refractivity contribution is -0.133. The van der Waals surface area contributed by atoms with Crippen LogP contribution in [-0.4, -0.2) is 32.3 Å². The summed E-state index contributed by atoms with van der Waals surface area (Å²) in [6.07, 6.45) is 0. The first-order valence-corrected chi connectivity index (χ1v) is 8.21. The van der Waals surface area contributed by atoms with Crippen molar-refractivity contribution >= 4 is 16.9 Å². The number of aromatic nitrogens is 3. The Hall–Kier alpha value is -3.20. The number of nitrogens with zero attached hydrogens (tertiary/aromatic N) is 5. The number of fused-ring (bicyclic) bond motifs is 1. The van der Waals surface area contributed by atoms with Gasteiger partial charge in [-0.25, -0.2) is 4.68 Å². The zero-order chi connectivity index (χ0) is 17.8. The van der Waals surface area contributed by atoms with Gasteiger partial charge in [0.2, 0.25) is 5.91 Å². The Morgan fingerprint density at radius 3 is 2.64 bits per heavy atom. The normalized spacial score (nSPS) is 11.9. The van der Waals surface area contributed by atoms with Crippen LogP contribution in [-0.2, 0) is 11.3 Å². The molecule has 126 valence electrons. The third-order valence-corrected chi connectivity index (χ3v) is 4.36. The van der Waals surface area contributed by atoms with Crippen molar-refractivity contribution in [1.29, 1.82) is 5.26 Å². The zero-order valence-corrected chi connectivity index (χ0v) is 14.3. The van der Waals surface area contributed by atoms with Gasteiger partial charge in [-0.15, -0.1) is 5.10 Å².